The molecular formula is C11H15FN2O2. The first-order valence-corrected chi connectivity index (χ1v) is 4.99. The zero-order valence-corrected chi connectivity index (χ0v) is 9.13. The third-order valence-electron chi connectivity index (χ3n) is 1.93. The summed E-state index contributed by atoms with van der Waals surface area (Å²) in [4.78, 5) is 0. The highest BCUT2D eigenvalue weighted by Gasteiger charge is 2.05. The predicted octanol–water partition coefficient (Wildman–Crippen LogP) is 1.53. The van der Waals surface area contributed by atoms with E-state index in [9.17, 15) is 4.39 Å². The summed E-state index contributed by atoms with van der Waals surface area (Å²) in [7, 11) is 0. The van der Waals surface area contributed by atoms with E-state index in [2.05, 4.69) is 0 Å². The molecule has 0 fully saturated rings. The number of rotatable bonds is 6. The third kappa shape index (κ3) is 3.51. The Morgan fingerprint density at radius 2 is 2.19 bits per heavy atom. The molecule has 1 rings (SSSR count). The Kier molecular flexibility index (Phi) is 4.72. The van der Waals surface area contributed by atoms with E-state index in [1.807, 2.05) is 6.92 Å². The van der Waals surface area contributed by atoms with Crippen LogP contribution in [-0.2, 0) is 4.74 Å². The minimum atomic E-state index is -0.524. The molecule has 0 amide bonds. The van der Waals surface area contributed by atoms with Gasteiger partial charge in [-0.3, -0.25) is 5.41 Å². The Morgan fingerprint density at radius 3 is 2.75 bits per heavy atom. The summed E-state index contributed by atoms with van der Waals surface area (Å²) in [5.74, 6) is -0.548. The molecule has 0 atom stereocenters. The maximum atomic E-state index is 13.4. The molecule has 0 spiro atoms. The standard InChI is InChI=1S/C11H15FN2O2/c1-2-15-5-6-16-10-4-3-8(11(13)14)7-9(10)12/h3-4,7H,2,5-6H2,1H3,(H3,13,14). The first kappa shape index (κ1) is 12.4. The van der Waals surface area contributed by atoms with Crippen molar-refractivity contribution in [2.45, 2.75) is 6.92 Å². The van der Waals surface area contributed by atoms with Gasteiger partial charge in [0, 0.05) is 12.2 Å². The molecule has 0 aliphatic rings. The Morgan fingerprint density at radius 1 is 1.44 bits per heavy atom. The van der Waals surface area contributed by atoms with Crippen molar-refractivity contribution < 1.29 is 13.9 Å². The predicted molar refractivity (Wildman–Crippen MR) is 59.4 cm³/mol. The van der Waals surface area contributed by atoms with E-state index in [1.54, 1.807) is 6.07 Å². The number of hydrogen-bond acceptors (Lipinski definition) is 3. The van der Waals surface area contributed by atoms with E-state index in [0.29, 0.717) is 25.4 Å². The van der Waals surface area contributed by atoms with Gasteiger partial charge >= 0.3 is 0 Å². The maximum absolute atomic E-state index is 13.4. The van der Waals surface area contributed by atoms with Crippen molar-refractivity contribution in [3.63, 3.8) is 0 Å². The molecular weight excluding hydrogens is 211 g/mol. The van der Waals surface area contributed by atoms with Crippen molar-refractivity contribution in [2.75, 3.05) is 19.8 Å². The zero-order chi connectivity index (χ0) is 12.0. The van der Waals surface area contributed by atoms with E-state index >= 15 is 0 Å². The average Bonchev–Trinajstić information content (AvgIpc) is 2.26. The second kappa shape index (κ2) is 6.07. The van der Waals surface area contributed by atoms with E-state index in [4.69, 9.17) is 20.6 Å². The second-order valence-corrected chi connectivity index (χ2v) is 3.10. The molecule has 3 N–H and O–H groups in total. The van der Waals surface area contributed by atoms with Crippen LogP contribution in [0.1, 0.15) is 12.5 Å². The second-order valence-electron chi connectivity index (χ2n) is 3.10. The van der Waals surface area contributed by atoms with Gasteiger partial charge in [0.1, 0.15) is 12.4 Å². The van der Waals surface area contributed by atoms with E-state index in [1.165, 1.54) is 12.1 Å². The Hall–Kier alpha value is -1.62. The van der Waals surface area contributed by atoms with Crippen molar-refractivity contribution in [1.82, 2.24) is 0 Å². The van der Waals surface area contributed by atoms with Crippen LogP contribution >= 0.6 is 0 Å². The lowest BCUT2D eigenvalue weighted by molar-refractivity contribution is 0.108. The van der Waals surface area contributed by atoms with Gasteiger partial charge < -0.3 is 15.2 Å². The fourth-order valence-corrected chi connectivity index (χ4v) is 1.14. The molecule has 0 saturated carbocycles. The molecule has 1 aromatic rings. The molecule has 0 radical (unpaired) electrons. The van der Waals surface area contributed by atoms with Crippen LogP contribution in [0.2, 0.25) is 0 Å². The number of ether oxygens (including phenoxy) is 2. The van der Waals surface area contributed by atoms with Crippen molar-refractivity contribution in [3.8, 4) is 5.75 Å². The van der Waals surface area contributed by atoms with Crippen LogP contribution < -0.4 is 10.5 Å². The lowest BCUT2D eigenvalue weighted by atomic mass is 10.2. The number of nitrogens with two attached hydrogens (primary N) is 1. The minimum absolute atomic E-state index is 0.143. The summed E-state index contributed by atoms with van der Waals surface area (Å²) >= 11 is 0. The van der Waals surface area contributed by atoms with Crippen LogP contribution in [0.4, 0.5) is 4.39 Å². The fraction of sp³-hybridized carbons (Fsp3) is 0.364. The Labute approximate surface area is 93.7 Å². The number of nitrogens with one attached hydrogen (secondary N) is 1. The summed E-state index contributed by atoms with van der Waals surface area (Å²) in [6, 6.07) is 4.18. The van der Waals surface area contributed by atoms with Gasteiger partial charge in [-0.15, -0.1) is 0 Å². The number of benzene rings is 1. The number of nitrogen functional groups attached to an aromatic ring is 1. The number of amidine groups is 1. The normalized spacial score (nSPS) is 10.1. The largest absolute Gasteiger partial charge is 0.488 e. The van der Waals surface area contributed by atoms with Gasteiger partial charge in [-0.1, -0.05) is 0 Å². The maximum Gasteiger partial charge on any atom is 0.165 e. The summed E-state index contributed by atoms with van der Waals surface area (Å²) in [5, 5.41) is 7.15. The van der Waals surface area contributed by atoms with Gasteiger partial charge in [-0.2, -0.15) is 0 Å². The van der Waals surface area contributed by atoms with E-state index in [-0.39, 0.29) is 11.6 Å². The molecule has 16 heavy (non-hydrogen) atoms. The first-order chi connectivity index (χ1) is 7.65. The lowest BCUT2D eigenvalue weighted by Crippen LogP contribution is -2.12. The summed E-state index contributed by atoms with van der Waals surface area (Å²) < 4.78 is 23.6. The third-order valence-corrected chi connectivity index (χ3v) is 1.93. The quantitative estimate of drug-likeness (QED) is 0.439. The molecule has 0 bridgehead atoms. The Bertz CT molecular complexity index is 369. The van der Waals surface area contributed by atoms with Gasteiger partial charge in [0.2, 0.25) is 0 Å². The van der Waals surface area contributed by atoms with Crippen LogP contribution in [-0.4, -0.2) is 25.7 Å². The minimum Gasteiger partial charge on any atom is -0.488 e. The molecule has 0 aliphatic heterocycles. The summed E-state index contributed by atoms with van der Waals surface area (Å²) in [5.41, 5.74) is 5.57. The monoisotopic (exact) mass is 226 g/mol. The zero-order valence-electron chi connectivity index (χ0n) is 9.13. The highest BCUT2D eigenvalue weighted by Crippen LogP contribution is 2.17. The van der Waals surface area contributed by atoms with Gasteiger partial charge in [0.05, 0.1) is 6.61 Å². The van der Waals surface area contributed by atoms with Crippen LogP contribution in [0.25, 0.3) is 0 Å². The molecule has 88 valence electrons. The fourth-order valence-electron chi connectivity index (χ4n) is 1.14. The van der Waals surface area contributed by atoms with Gasteiger partial charge in [-0.25, -0.2) is 4.39 Å². The molecule has 0 aliphatic carbocycles. The van der Waals surface area contributed by atoms with E-state index < -0.39 is 5.82 Å². The van der Waals surface area contributed by atoms with Crippen LogP contribution in [0.3, 0.4) is 0 Å². The Balaban J connectivity index is 2.57. The lowest BCUT2D eigenvalue weighted by Gasteiger charge is -2.08. The average molecular weight is 226 g/mol. The first-order valence-electron chi connectivity index (χ1n) is 4.99. The molecule has 5 heteroatoms. The molecule has 0 unspecified atom stereocenters. The van der Waals surface area contributed by atoms with Gasteiger partial charge in [0.25, 0.3) is 0 Å². The van der Waals surface area contributed by atoms with Crippen LogP contribution in [0.5, 0.6) is 5.75 Å². The molecule has 1 aromatic carbocycles. The van der Waals surface area contributed by atoms with Gasteiger partial charge in [-0.05, 0) is 25.1 Å². The van der Waals surface area contributed by atoms with Crippen LogP contribution in [0.15, 0.2) is 18.2 Å². The van der Waals surface area contributed by atoms with Crippen molar-refractivity contribution in [1.29, 1.82) is 5.41 Å². The highest BCUT2D eigenvalue weighted by molar-refractivity contribution is 5.95. The summed E-state index contributed by atoms with van der Waals surface area (Å²) in [6.07, 6.45) is 0. The molecule has 0 saturated heterocycles. The van der Waals surface area contributed by atoms with E-state index in [0.717, 1.165) is 0 Å². The van der Waals surface area contributed by atoms with Crippen molar-refractivity contribution in [2.24, 2.45) is 5.73 Å². The molecule has 4 nitrogen and oxygen atoms in total. The topological polar surface area (TPSA) is 68.3 Å². The molecule has 0 aromatic heterocycles. The highest BCUT2D eigenvalue weighted by atomic mass is 19.1. The van der Waals surface area contributed by atoms with Gasteiger partial charge in [0.15, 0.2) is 11.6 Å². The van der Waals surface area contributed by atoms with Crippen molar-refractivity contribution >= 4 is 5.84 Å². The smallest absolute Gasteiger partial charge is 0.165 e. The van der Waals surface area contributed by atoms with Crippen molar-refractivity contribution in [3.05, 3.63) is 29.6 Å². The number of hydrogen-bond donors (Lipinski definition) is 2. The molecule has 0 heterocycles. The summed E-state index contributed by atoms with van der Waals surface area (Å²) in [6.45, 7) is 3.20. The SMILES string of the molecule is CCOCCOc1ccc(C(=N)N)cc1F. The van der Waals surface area contributed by atoms with Crippen LogP contribution in [0, 0.1) is 11.2 Å². The number of halogens is 1.